The van der Waals surface area contributed by atoms with Crippen LogP contribution in [0.3, 0.4) is 0 Å². The highest BCUT2D eigenvalue weighted by molar-refractivity contribution is 9.10. The van der Waals surface area contributed by atoms with Gasteiger partial charge < -0.3 is 5.32 Å². The van der Waals surface area contributed by atoms with Gasteiger partial charge in [0.05, 0.1) is 6.54 Å². The number of rotatable bonds is 7. The first-order valence-electron chi connectivity index (χ1n) is 6.30. The molecule has 2 rings (SSSR count). The number of nitrogens with two attached hydrogens (primary N) is 1. The summed E-state index contributed by atoms with van der Waals surface area (Å²) in [6, 6.07) is 10.3. The van der Waals surface area contributed by atoms with Gasteiger partial charge in [-0.3, -0.25) is 0 Å². The second kappa shape index (κ2) is 8.30. The Hall–Kier alpha value is -0.910. The molecule has 0 saturated heterocycles. The van der Waals surface area contributed by atoms with Crippen molar-refractivity contribution < 1.29 is 5.32 Å². The van der Waals surface area contributed by atoms with Crippen LogP contribution in [-0.2, 0) is 6.54 Å². The van der Waals surface area contributed by atoms with Crippen molar-refractivity contribution in [3.05, 3.63) is 52.8 Å². The van der Waals surface area contributed by atoms with Crippen molar-refractivity contribution in [1.82, 2.24) is 9.97 Å². The van der Waals surface area contributed by atoms with Crippen molar-refractivity contribution in [2.75, 3.05) is 12.3 Å². The second-order valence-corrected chi connectivity index (χ2v) is 6.12. The summed E-state index contributed by atoms with van der Waals surface area (Å²) in [5, 5.41) is 3.21. The normalized spacial score (nSPS) is 10.6. The Kier molecular flexibility index (Phi) is 6.33. The highest BCUT2D eigenvalue weighted by Gasteiger charge is 1.98. The molecule has 0 bridgehead atoms. The van der Waals surface area contributed by atoms with Crippen LogP contribution in [0.25, 0.3) is 0 Å². The van der Waals surface area contributed by atoms with Crippen LogP contribution in [0.2, 0.25) is 0 Å². The molecule has 3 nitrogen and oxygen atoms in total. The Bertz CT molecular complexity index is 476. The van der Waals surface area contributed by atoms with Gasteiger partial charge in [-0.1, -0.05) is 39.8 Å². The molecular formula is C14H17BrN3S+. The standard InChI is InChI=1S/C14H16BrN3S/c15-13-5-3-12(4-6-13)11-16-7-2-10-19-14-17-8-1-9-18-14/h1,3-6,8-9,16H,2,7,10-11H2/p+1. The van der Waals surface area contributed by atoms with E-state index < -0.39 is 0 Å². The first-order chi connectivity index (χ1) is 9.34. The largest absolute Gasteiger partial charge is 0.342 e. The molecule has 2 N–H and O–H groups in total. The van der Waals surface area contributed by atoms with Crippen LogP contribution in [0.5, 0.6) is 0 Å². The number of nitrogens with zero attached hydrogens (tertiary/aromatic N) is 2. The first-order valence-corrected chi connectivity index (χ1v) is 8.08. The average molecular weight is 339 g/mol. The molecule has 0 aliphatic carbocycles. The Morgan fingerprint density at radius 2 is 1.84 bits per heavy atom. The quantitative estimate of drug-likeness (QED) is 0.479. The minimum absolute atomic E-state index is 0.871. The van der Waals surface area contributed by atoms with Gasteiger partial charge in [0.2, 0.25) is 0 Å². The van der Waals surface area contributed by atoms with Crippen LogP contribution in [-0.4, -0.2) is 22.3 Å². The Morgan fingerprint density at radius 1 is 1.11 bits per heavy atom. The fourth-order valence-corrected chi connectivity index (χ4v) is 2.67. The maximum Gasteiger partial charge on any atom is 0.187 e. The van der Waals surface area contributed by atoms with Crippen LogP contribution in [0, 0.1) is 0 Å². The Labute approximate surface area is 126 Å². The van der Waals surface area contributed by atoms with E-state index in [0.717, 1.165) is 28.5 Å². The first kappa shape index (κ1) is 14.5. The monoisotopic (exact) mass is 338 g/mol. The van der Waals surface area contributed by atoms with Gasteiger partial charge >= 0.3 is 0 Å². The van der Waals surface area contributed by atoms with E-state index >= 15 is 0 Å². The number of hydrogen-bond acceptors (Lipinski definition) is 3. The molecule has 0 saturated carbocycles. The Balaban J connectivity index is 1.56. The number of thioether (sulfide) groups is 1. The van der Waals surface area contributed by atoms with Crippen molar-refractivity contribution in [1.29, 1.82) is 0 Å². The maximum absolute atomic E-state index is 4.19. The SMILES string of the molecule is Brc1ccc(C[NH2+]CCCSc2ncccn2)cc1. The van der Waals surface area contributed by atoms with Gasteiger partial charge in [-0.15, -0.1) is 0 Å². The lowest BCUT2D eigenvalue weighted by Gasteiger charge is -2.02. The third-order valence-electron chi connectivity index (χ3n) is 2.62. The molecule has 0 amide bonds. The van der Waals surface area contributed by atoms with E-state index in [1.165, 1.54) is 12.0 Å². The molecule has 19 heavy (non-hydrogen) atoms. The smallest absolute Gasteiger partial charge is 0.187 e. The summed E-state index contributed by atoms with van der Waals surface area (Å²) in [4.78, 5) is 8.38. The molecule has 5 heteroatoms. The van der Waals surface area contributed by atoms with Crippen LogP contribution >= 0.6 is 27.7 Å². The highest BCUT2D eigenvalue weighted by Crippen LogP contribution is 2.11. The van der Waals surface area contributed by atoms with Crippen LogP contribution < -0.4 is 5.32 Å². The van der Waals surface area contributed by atoms with Crippen molar-refractivity contribution in [3.8, 4) is 0 Å². The van der Waals surface area contributed by atoms with Crippen LogP contribution in [0.1, 0.15) is 12.0 Å². The molecule has 0 aliphatic rings. The lowest BCUT2D eigenvalue weighted by molar-refractivity contribution is -0.670. The summed E-state index contributed by atoms with van der Waals surface area (Å²) in [7, 11) is 0. The summed E-state index contributed by atoms with van der Waals surface area (Å²) < 4.78 is 1.13. The third kappa shape index (κ3) is 5.72. The van der Waals surface area contributed by atoms with Gasteiger partial charge in [-0.2, -0.15) is 0 Å². The van der Waals surface area contributed by atoms with Gasteiger partial charge in [-0.25, -0.2) is 9.97 Å². The third-order valence-corrected chi connectivity index (χ3v) is 4.11. The Morgan fingerprint density at radius 3 is 2.58 bits per heavy atom. The molecule has 0 spiro atoms. The van der Waals surface area contributed by atoms with Crippen LogP contribution in [0.4, 0.5) is 0 Å². The average Bonchev–Trinajstić information content (AvgIpc) is 2.46. The molecule has 2 aromatic rings. The number of hydrogen-bond donors (Lipinski definition) is 1. The second-order valence-electron chi connectivity index (χ2n) is 4.14. The van der Waals surface area contributed by atoms with E-state index in [0.29, 0.717) is 0 Å². The van der Waals surface area contributed by atoms with Crippen molar-refractivity contribution in [3.63, 3.8) is 0 Å². The van der Waals surface area contributed by atoms with Gasteiger partial charge in [0, 0.05) is 34.6 Å². The van der Waals surface area contributed by atoms with E-state index in [1.807, 2.05) is 6.07 Å². The molecule has 100 valence electrons. The molecule has 0 fully saturated rings. The zero-order chi connectivity index (χ0) is 13.3. The molecule has 1 aromatic carbocycles. The number of benzene rings is 1. The molecule has 1 aromatic heterocycles. The lowest BCUT2D eigenvalue weighted by atomic mass is 10.2. The highest BCUT2D eigenvalue weighted by atomic mass is 79.9. The summed E-state index contributed by atoms with van der Waals surface area (Å²) in [5.41, 5.74) is 1.36. The fraction of sp³-hybridized carbons (Fsp3) is 0.286. The van der Waals surface area contributed by atoms with E-state index in [-0.39, 0.29) is 0 Å². The zero-order valence-corrected chi connectivity index (χ0v) is 13.0. The minimum Gasteiger partial charge on any atom is -0.342 e. The fourth-order valence-electron chi connectivity index (χ4n) is 1.64. The number of quaternary nitrogens is 1. The molecule has 1 heterocycles. The molecule has 0 radical (unpaired) electrons. The van der Waals surface area contributed by atoms with Gasteiger partial charge in [0.25, 0.3) is 0 Å². The molecule has 0 unspecified atom stereocenters. The molecule has 0 aliphatic heterocycles. The minimum atomic E-state index is 0.871. The summed E-state index contributed by atoms with van der Waals surface area (Å²) in [6.45, 7) is 2.18. The maximum atomic E-state index is 4.19. The summed E-state index contributed by atoms with van der Waals surface area (Å²) in [6.07, 6.45) is 4.74. The number of aromatic nitrogens is 2. The lowest BCUT2D eigenvalue weighted by Crippen LogP contribution is -2.82. The van der Waals surface area contributed by atoms with Crippen molar-refractivity contribution in [2.45, 2.75) is 18.1 Å². The van der Waals surface area contributed by atoms with E-state index in [9.17, 15) is 0 Å². The predicted octanol–water partition coefficient (Wildman–Crippen LogP) is 2.48. The van der Waals surface area contributed by atoms with Gasteiger partial charge in [-0.05, 0) is 18.2 Å². The van der Waals surface area contributed by atoms with Gasteiger partial charge in [0.1, 0.15) is 6.54 Å². The van der Waals surface area contributed by atoms with E-state index in [4.69, 9.17) is 0 Å². The molecule has 0 atom stereocenters. The summed E-state index contributed by atoms with van der Waals surface area (Å²) >= 11 is 5.17. The van der Waals surface area contributed by atoms with Crippen molar-refractivity contribution in [2.24, 2.45) is 0 Å². The summed E-state index contributed by atoms with van der Waals surface area (Å²) in [5.74, 6) is 1.07. The zero-order valence-electron chi connectivity index (χ0n) is 10.6. The van der Waals surface area contributed by atoms with Gasteiger partial charge in [0.15, 0.2) is 5.16 Å². The van der Waals surface area contributed by atoms with Crippen molar-refractivity contribution >= 4 is 27.7 Å². The topological polar surface area (TPSA) is 42.4 Å². The van der Waals surface area contributed by atoms with E-state index in [1.54, 1.807) is 24.2 Å². The predicted molar refractivity (Wildman–Crippen MR) is 82.0 cm³/mol. The van der Waals surface area contributed by atoms with Crippen LogP contribution in [0.15, 0.2) is 52.4 Å². The number of halogens is 1. The van der Waals surface area contributed by atoms with E-state index in [2.05, 4.69) is 55.5 Å². The molecular weight excluding hydrogens is 322 g/mol.